The van der Waals surface area contributed by atoms with Crippen LogP contribution in [0, 0.1) is 0 Å². The number of amides is 2. The van der Waals surface area contributed by atoms with E-state index in [-0.39, 0.29) is 17.6 Å². The third kappa shape index (κ3) is 6.40. The summed E-state index contributed by atoms with van der Waals surface area (Å²) in [6.45, 7) is 12.2. The number of ether oxygens (including phenoxy) is 2. The largest absolute Gasteiger partial charge is 0.459 e. The topological polar surface area (TPSA) is 76.7 Å². The van der Waals surface area contributed by atoms with Crippen molar-refractivity contribution in [2.24, 2.45) is 0 Å². The number of carbonyl (C=O) groups is 2. The van der Waals surface area contributed by atoms with Crippen molar-refractivity contribution in [3.8, 4) is 11.5 Å². The Labute approximate surface area is 202 Å². The summed E-state index contributed by atoms with van der Waals surface area (Å²) < 4.78 is 11.5. The molecule has 1 aliphatic rings. The first kappa shape index (κ1) is 25.3. The first-order chi connectivity index (χ1) is 16.1. The third-order valence-electron chi connectivity index (χ3n) is 5.67. The van der Waals surface area contributed by atoms with Crippen LogP contribution < -0.4 is 15.4 Å². The van der Waals surface area contributed by atoms with Gasteiger partial charge in [0.25, 0.3) is 0 Å². The Hall–Kier alpha value is -3.28. The van der Waals surface area contributed by atoms with Gasteiger partial charge in [-0.1, -0.05) is 58.4 Å². The summed E-state index contributed by atoms with van der Waals surface area (Å²) in [6.07, 6.45) is 2.16. The van der Waals surface area contributed by atoms with E-state index in [1.165, 1.54) is 5.56 Å². The quantitative estimate of drug-likeness (QED) is 0.436. The predicted molar refractivity (Wildman–Crippen MR) is 134 cm³/mol. The molecule has 0 fully saturated rings. The van der Waals surface area contributed by atoms with E-state index in [2.05, 4.69) is 50.5 Å². The maximum absolute atomic E-state index is 13.0. The highest BCUT2D eigenvalue weighted by atomic mass is 16.5. The average Bonchev–Trinajstić information content (AvgIpc) is 2.77. The van der Waals surface area contributed by atoms with Gasteiger partial charge in [0.2, 0.25) is 0 Å². The highest BCUT2D eigenvalue weighted by Crippen LogP contribution is 2.32. The van der Waals surface area contributed by atoms with Gasteiger partial charge in [-0.3, -0.25) is 0 Å². The number of esters is 1. The van der Waals surface area contributed by atoms with Gasteiger partial charge in [-0.05, 0) is 67.5 Å². The number of carbonyl (C=O) groups excluding carboxylic acids is 2. The molecule has 6 heteroatoms. The van der Waals surface area contributed by atoms with E-state index < -0.39 is 12.0 Å². The normalized spacial score (nSPS) is 16.2. The molecule has 3 rings (SSSR count). The Bertz CT molecular complexity index is 1030. The molecule has 34 heavy (non-hydrogen) atoms. The fourth-order valence-electron chi connectivity index (χ4n) is 3.82. The summed E-state index contributed by atoms with van der Waals surface area (Å²) >= 11 is 0. The van der Waals surface area contributed by atoms with Gasteiger partial charge in [-0.15, -0.1) is 0 Å². The molecule has 1 atom stereocenters. The van der Waals surface area contributed by atoms with Crippen LogP contribution in [0.25, 0.3) is 0 Å². The minimum absolute atomic E-state index is 0.0807. The molecule has 1 heterocycles. The number of hydrogen-bond acceptors (Lipinski definition) is 4. The number of hydrogen-bond donors (Lipinski definition) is 2. The summed E-state index contributed by atoms with van der Waals surface area (Å²) in [7, 11) is 0. The molecule has 2 amide bonds. The molecule has 2 N–H and O–H groups in total. The number of benzene rings is 2. The Balaban J connectivity index is 1.85. The highest BCUT2D eigenvalue weighted by Gasteiger charge is 2.33. The minimum atomic E-state index is -0.591. The van der Waals surface area contributed by atoms with Gasteiger partial charge in [0.15, 0.2) is 0 Å². The fraction of sp³-hybridized carbons (Fsp3) is 0.429. The lowest BCUT2D eigenvalue weighted by atomic mass is 9.87. The second-order valence-corrected chi connectivity index (χ2v) is 9.93. The standard InChI is InChI=1S/C28H36N2O4/c1-7-8-9-23-24(26(31)33-18(2)3)25(30-27(32)29-23)19-10-14-21(15-11-19)34-22-16-12-20(13-17-22)28(4,5)6/h10-18,25H,7-9H2,1-6H3,(H2,29,30,32). The molecule has 0 aromatic heterocycles. The first-order valence-corrected chi connectivity index (χ1v) is 12.0. The van der Waals surface area contributed by atoms with Crippen molar-refractivity contribution >= 4 is 12.0 Å². The van der Waals surface area contributed by atoms with Gasteiger partial charge < -0.3 is 20.1 Å². The second-order valence-electron chi connectivity index (χ2n) is 9.93. The molecule has 1 unspecified atom stereocenters. The fourth-order valence-corrected chi connectivity index (χ4v) is 3.82. The molecule has 0 saturated carbocycles. The lowest BCUT2D eigenvalue weighted by molar-refractivity contribution is -0.143. The zero-order chi connectivity index (χ0) is 24.9. The number of nitrogens with one attached hydrogen (secondary N) is 2. The molecule has 2 aromatic carbocycles. The SMILES string of the molecule is CCCCC1=C(C(=O)OC(C)C)C(c2ccc(Oc3ccc(C(C)(C)C)cc3)cc2)NC(=O)N1. The summed E-state index contributed by atoms with van der Waals surface area (Å²) in [4.78, 5) is 25.4. The monoisotopic (exact) mass is 464 g/mol. The van der Waals surface area contributed by atoms with Gasteiger partial charge in [-0.25, -0.2) is 9.59 Å². The number of unbranched alkanes of at least 4 members (excludes halogenated alkanes) is 1. The van der Waals surface area contributed by atoms with Crippen LogP contribution in [0.3, 0.4) is 0 Å². The smallest absolute Gasteiger partial charge is 0.338 e. The van der Waals surface area contributed by atoms with Crippen molar-refractivity contribution in [2.75, 3.05) is 0 Å². The molecule has 2 aromatic rings. The Morgan fingerprint density at radius 3 is 2.12 bits per heavy atom. The van der Waals surface area contributed by atoms with Crippen molar-refractivity contribution < 1.29 is 19.1 Å². The van der Waals surface area contributed by atoms with Crippen LogP contribution >= 0.6 is 0 Å². The molecule has 0 aliphatic carbocycles. The zero-order valence-corrected chi connectivity index (χ0v) is 21.0. The van der Waals surface area contributed by atoms with E-state index in [0.717, 1.165) is 24.2 Å². The maximum atomic E-state index is 13.0. The van der Waals surface area contributed by atoms with E-state index in [4.69, 9.17) is 9.47 Å². The molecule has 182 valence electrons. The zero-order valence-electron chi connectivity index (χ0n) is 21.0. The highest BCUT2D eigenvalue weighted by molar-refractivity contribution is 5.95. The van der Waals surface area contributed by atoms with Gasteiger partial charge in [0, 0.05) is 5.70 Å². The lowest BCUT2D eigenvalue weighted by Crippen LogP contribution is -2.46. The van der Waals surface area contributed by atoms with E-state index >= 15 is 0 Å². The minimum Gasteiger partial charge on any atom is -0.459 e. The van der Waals surface area contributed by atoms with Crippen LogP contribution in [0.4, 0.5) is 4.79 Å². The van der Waals surface area contributed by atoms with Gasteiger partial charge >= 0.3 is 12.0 Å². The molecule has 0 radical (unpaired) electrons. The second kappa shape index (κ2) is 10.8. The Morgan fingerprint density at radius 1 is 1.00 bits per heavy atom. The van der Waals surface area contributed by atoms with E-state index in [1.807, 2.05) is 50.2 Å². The van der Waals surface area contributed by atoms with Crippen molar-refractivity contribution in [1.82, 2.24) is 10.6 Å². The van der Waals surface area contributed by atoms with Crippen LogP contribution in [0.5, 0.6) is 11.5 Å². The van der Waals surface area contributed by atoms with Crippen molar-refractivity contribution in [3.63, 3.8) is 0 Å². The van der Waals surface area contributed by atoms with Gasteiger partial charge in [-0.2, -0.15) is 0 Å². The Kier molecular flexibility index (Phi) is 8.02. The van der Waals surface area contributed by atoms with E-state index in [0.29, 0.717) is 23.4 Å². The number of allylic oxidation sites excluding steroid dienone is 1. The van der Waals surface area contributed by atoms with Gasteiger partial charge in [0.1, 0.15) is 11.5 Å². The van der Waals surface area contributed by atoms with Crippen molar-refractivity contribution in [3.05, 3.63) is 70.9 Å². The Morgan fingerprint density at radius 2 is 1.59 bits per heavy atom. The van der Waals surface area contributed by atoms with Crippen LogP contribution in [-0.4, -0.2) is 18.1 Å². The molecule has 1 aliphatic heterocycles. The van der Waals surface area contributed by atoms with Crippen molar-refractivity contribution in [1.29, 1.82) is 0 Å². The molecule has 0 spiro atoms. The van der Waals surface area contributed by atoms with Crippen molar-refractivity contribution in [2.45, 2.75) is 78.4 Å². The van der Waals surface area contributed by atoms with E-state index in [9.17, 15) is 9.59 Å². The molecule has 0 bridgehead atoms. The van der Waals surface area contributed by atoms with E-state index in [1.54, 1.807) is 0 Å². The molecular weight excluding hydrogens is 428 g/mol. The summed E-state index contributed by atoms with van der Waals surface area (Å²) in [6, 6.07) is 14.6. The lowest BCUT2D eigenvalue weighted by Gasteiger charge is -2.30. The third-order valence-corrected chi connectivity index (χ3v) is 5.67. The molecule has 0 saturated heterocycles. The van der Waals surface area contributed by atoms with Crippen LogP contribution in [0.1, 0.15) is 78.0 Å². The van der Waals surface area contributed by atoms with Crippen LogP contribution in [0.2, 0.25) is 0 Å². The first-order valence-electron chi connectivity index (χ1n) is 12.0. The summed E-state index contributed by atoms with van der Waals surface area (Å²) in [5, 5.41) is 5.70. The molecule has 6 nitrogen and oxygen atoms in total. The van der Waals surface area contributed by atoms with Crippen LogP contribution in [-0.2, 0) is 14.9 Å². The maximum Gasteiger partial charge on any atom is 0.338 e. The number of rotatable bonds is 8. The average molecular weight is 465 g/mol. The molecular formula is C28H36N2O4. The van der Waals surface area contributed by atoms with Gasteiger partial charge in [0.05, 0.1) is 17.7 Å². The van der Waals surface area contributed by atoms with Crippen LogP contribution in [0.15, 0.2) is 59.8 Å². The summed E-state index contributed by atoms with van der Waals surface area (Å²) in [5.74, 6) is 1.01. The predicted octanol–water partition coefficient (Wildman–Crippen LogP) is 6.53. The summed E-state index contributed by atoms with van der Waals surface area (Å²) in [5.41, 5.74) is 3.18. The number of urea groups is 1.